The Hall–Kier alpha value is -1.61. The van der Waals surface area contributed by atoms with E-state index in [0.29, 0.717) is 5.69 Å². The van der Waals surface area contributed by atoms with Gasteiger partial charge in [0.15, 0.2) is 5.71 Å². The highest BCUT2D eigenvalue weighted by Gasteiger charge is 2.15. The van der Waals surface area contributed by atoms with Gasteiger partial charge in [-0.3, -0.25) is 0 Å². The fraction of sp³-hybridized carbons (Fsp3) is 0.333. The zero-order chi connectivity index (χ0) is 14.8. The Balaban J connectivity index is 0.00000154. The molecule has 0 saturated heterocycles. The molecule has 1 rings (SSSR count). The van der Waals surface area contributed by atoms with Crippen LogP contribution in [0.4, 0.5) is 5.69 Å². The largest absolute Gasteiger partial charge is 0.461 e. The van der Waals surface area contributed by atoms with Gasteiger partial charge in [0.2, 0.25) is 0 Å². The molecule has 0 aromatic heterocycles. The zero-order valence-corrected chi connectivity index (χ0v) is 12.6. The van der Waals surface area contributed by atoms with Gasteiger partial charge < -0.3 is 4.74 Å². The minimum absolute atomic E-state index is 0.0443. The molecule has 0 heterocycles. The molecule has 0 unspecified atom stereocenters. The Morgan fingerprint density at radius 1 is 1.37 bits per heavy atom. The van der Waals surface area contributed by atoms with E-state index in [-0.39, 0.29) is 17.4 Å². The van der Waals surface area contributed by atoms with Crippen molar-refractivity contribution in [2.45, 2.75) is 27.7 Å². The number of carbonyl (C=O) groups is 1. The Morgan fingerprint density at radius 3 is 2.42 bits per heavy atom. The number of aryl methyl sites for hydroxylation is 1. The van der Waals surface area contributed by atoms with Crippen molar-refractivity contribution in [2.75, 3.05) is 6.61 Å². The molecule has 0 fully saturated rings. The fourth-order valence-electron chi connectivity index (χ4n) is 1.23. The average molecular weight is 282 g/mol. The van der Waals surface area contributed by atoms with Gasteiger partial charge >= 0.3 is 5.97 Å². The van der Waals surface area contributed by atoms with E-state index in [4.69, 9.17) is 16.3 Å². The summed E-state index contributed by atoms with van der Waals surface area (Å²) in [7, 11) is 0. The minimum Gasteiger partial charge on any atom is -0.461 e. The summed E-state index contributed by atoms with van der Waals surface area (Å²) in [6, 6.07) is 7.44. The number of aliphatic imine (C=N–C) groups is 1. The van der Waals surface area contributed by atoms with Crippen molar-refractivity contribution >= 4 is 29.0 Å². The van der Waals surface area contributed by atoms with Gasteiger partial charge in [-0.25, -0.2) is 9.79 Å². The van der Waals surface area contributed by atoms with Crippen LogP contribution in [-0.4, -0.2) is 18.3 Å². The third-order valence-corrected chi connectivity index (χ3v) is 2.25. The molecule has 4 heteroatoms. The van der Waals surface area contributed by atoms with Crippen LogP contribution in [0.1, 0.15) is 26.3 Å². The molecule has 3 nitrogen and oxygen atoms in total. The first kappa shape index (κ1) is 17.4. The van der Waals surface area contributed by atoms with Gasteiger partial charge in [-0.05, 0) is 25.5 Å². The molecular formula is C15H20ClNO2. The number of rotatable bonds is 4. The monoisotopic (exact) mass is 281 g/mol. The van der Waals surface area contributed by atoms with Crippen LogP contribution in [0.3, 0.4) is 0 Å². The van der Waals surface area contributed by atoms with E-state index in [1.54, 1.807) is 13.0 Å². The van der Waals surface area contributed by atoms with Crippen LogP contribution in [0.15, 0.2) is 40.9 Å². The van der Waals surface area contributed by atoms with E-state index in [0.717, 1.165) is 5.56 Å². The summed E-state index contributed by atoms with van der Waals surface area (Å²) >= 11 is 5.75. The second kappa shape index (κ2) is 9.34. The van der Waals surface area contributed by atoms with Crippen molar-refractivity contribution in [3.8, 4) is 0 Å². The lowest BCUT2D eigenvalue weighted by molar-refractivity contribution is -0.134. The van der Waals surface area contributed by atoms with E-state index in [9.17, 15) is 4.79 Å². The van der Waals surface area contributed by atoms with Crippen molar-refractivity contribution in [2.24, 2.45) is 4.99 Å². The molecule has 0 radical (unpaired) electrons. The van der Waals surface area contributed by atoms with Crippen LogP contribution in [0, 0.1) is 6.92 Å². The van der Waals surface area contributed by atoms with Crippen LogP contribution in [0.5, 0.6) is 0 Å². The van der Waals surface area contributed by atoms with Gasteiger partial charge in [0.1, 0.15) is 0 Å². The lowest BCUT2D eigenvalue weighted by Gasteiger charge is -2.05. The number of ether oxygens (including phenoxy) is 1. The van der Waals surface area contributed by atoms with Crippen LogP contribution < -0.4 is 0 Å². The summed E-state index contributed by atoms with van der Waals surface area (Å²) in [5.41, 5.74) is 1.67. The van der Waals surface area contributed by atoms with Gasteiger partial charge in [0, 0.05) is 0 Å². The molecule has 0 atom stereocenters. The van der Waals surface area contributed by atoms with E-state index < -0.39 is 5.97 Å². The number of esters is 1. The smallest absolute Gasteiger partial charge is 0.358 e. The maximum atomic E-state index is 11.6. The van der Waals surface area contributed by atoms with Crippen LogP contribution in [0.2, 0.25) is 0 Å². The van der Waals surface area contributed by atoms with E-state index in [1.165, 1.54) is 0 Å². The van der Waals surface area contributed by atoms with E-state index in [1.807, 2.05) is 39.0 Å². The molecule has 1 aromatic rings. The van der Waals surface area contributed by atoms with Gasteiger partial charge in [-0.15, -0.1) is 0 Å². The normalized spacial score (nSPS) is 10.3. The third kappa shape index (κ3) is 5.71. The molecule has 0 aliphatic rings. The number of para-hydroxylation sites is 1. The number of carbonyl (C=O) groups excluding carboxylic acids is 1. The summed E-state index contributed by atoms with van der Waals surface area (Å²) in [6.45, 7) is 11.4. The van der Waals surface area contributed by atoms with Crippen molar-refractivity contribution in [1.29, 1.82) is 0 Å². The first-order valence-electron chi connectivity index (χ1n) is 6.22. The number of halogens is 1. The number of hydrogen-bond donors (Lipinski definition) is 0. The number of nitrogens with zero attached hydrogens (tertiary/aromatic N) is 1. The summed E-state index contributed by atoms with van der Waals surface area (Å²) in [4.78, 5) is 15.8. The highest BCUT2D eigenvalue weighted by Crippen LogP contribution is 2.19. The Bertz CT molecular complexity index is 467. The molecule has 104 valence electrons. The lowest BCUT2D eigenvalue weighted by Crippen LogP contribution is -2.17. The maximum absolute atomic E-state index is 11.6. The molecule has 0 aliphatic carbocycles. The lowest BCUT2D eigenvalue weighted by atomic mass is 10.2. The van der Waals surface area contributed by atoms with E-state index in [2.05, 4.69) is 11.6 Å². The quantitative estimate of drug-likeness (QED) is 0.606. The number of hydrogen-bond acceptors (Lipinski definition) is 3. The van der Waals surface area contributed by atoms with Crippen molar-refractivity contribution in [3.05, 3.63) is 41.4 Å². The molecule has 0 spiro atoms. The average Bonchev–Trinajstić information content (AvgIpc) is 2.40. The van der Waals surface area contributed by atoms with Crippen LogP contribution in [0.25, 0.3) is 0 Å². The Kier molecular flexibility index (Phi) is 8.55. The molecule has 0 bridgehead atoms. The predicted molar refractivity (Wildman–Crippen MR) is 81.2 cm³/mol. The Labute approximate surface area is 120 Å². The molecule has 0 aliphatic heterocycles. The summed E-state index contributed by atoms with van der Waals surface area (Å²) in [5.74, 6) is -0.559. The summed E-state index contributed by atoms with van der Waals surface area (Å²) < 4.78 is 4.86. The summed E-state index contributed by atoms with van der Waals surface area (Å²) in [6.07, 6.45) is 0. The molecule has 0 saturated carbocycles. The van der Waals surface area contributed by atoms with Gasteiger partial charge in [-0.1, -0.05) is 50.2 Å². The van der Waals surface area contributed by atoms with Gasteiger partial charge in [-0.2, -0.15) is 0 Å². The SMILES string of the molecule is C=C(Cl)C(=Nc1ccccc1C)C(=O)OCC.CC. The first-order chi connectivity index (χ1) is 9.06. The highest BCUT2D eigenvalue weighted by molar-refractivity contribution is 6.58. The minimum atomic E-state index is -0.559. The molecule has 0 N–H and O–H groups in total. The summed E-state index contributed by atoms with van der Waals surface area (Å²) in [5, 5.41) is 0.0757. The molecule has 0 amide bonds. The van der Waals surface area contributed by atoms with Crippen molar-refractivity contribution in [3.63, 3.8) is 0 Å². The molecular weight excluding hydrogens is 262 g/mol. The first-order valence-corrected chi connectivity index (χ1v) is 6.60. The van der Waals surface area contributed by atoms with Crippen molar-refractivity contribution < 1.29 is 9.53 Å². The van der Waals surface area contributed by atoms with Crippen LogP contribution in [-0.2, 0) is 9.53 Å². The van der Waals surface area contributed by atoms with Gasteiger partial charge in [0.05, 0.1) is 17.3 Å². The highest BCUT2D eigenvalue weighted by atomic mass is 35.5. The number of benzene rings is 1. The maximum Gasteiger partial charge on any atom is 0.358 e. The third-order valence-electron chi connectivity index (χ3n) is 2.07. The molecule has 19 heavy (non-hydrogen) atoms. The van der Waals surface area contributed by atoms with Gasteiger partial charge in [0.25, 0.3) is 0 Å². The fourth-order valence-corrected chi connectivity index (χ4v) is 1.35. The van der Waals surface area contributed by atoms with Crippen molar-refractivity contribution in [1.82, 2.24) is 0 Å². The Morgan fingerprint density at radius 2 is 1.95 bits per heavy atom. The standard InChI is InChI=1S/C13H14ClNO2.C2H6/c1-4-17-13(16)12(10(3)14)15-11-8-6-5-7-9(11)2;1-2/h5-8H,3-4H2,1-2H3;1-2H3. The zero-order valence-electron chi connectivity index (χ0n) is 11.9. The topological polar surface area (TPSA) is 38.7 Å². The molecule has 1 aromatic carbocycles. The second-order valence-electron chi connectivity index (χ2n) is 3.37. The predicted octanol–water partition coefficient (Wildman–Crippen LogP) is 4.41. The second-order valence-corrected chi connectivity index (χ2v) is 3.83. The van der Waals surface area contributed by atoms with Crippen LogP contribution >= 0.6 is 11.6 Å². The van der Waals surface area contributed by atoms with E-state index >= 15 is 0 Å².